The summed E-state index contributed by atoms with van der Waals surface area (Å²) >= 11 is 0. The Morgan fingerprint density at radius 3 is 2.45 bits per heavy atom. The third-order valence-electron chi connectivity index (χ3n) is 3.25. The number of carbonyl (C=O) groups is 2. The molecule has 0 aliphatic heterocycles. The molecule has 0 unspecified atom stereocenters. The van der Waals surface area contributed by atoms with Crippen molar-refractivity contribution >= 4 is 12.0 Å². The Kier molecular flexibility index (Phi) is 5.87. The van der Waals surface area contributed by atoms with Crippen LogP contribution < -0.4 is 5.32 Å². The maximum absolute atomic E-state index is 12.8. The number of nitrogens with one attached hydrogen (secondary N) is 1. The maximum atomic E-state index is 12.8. The summed E-state index contributed by atoms with van der Waals surface area (Å²) in [6.45, 7) is 2.93. The minimum absolute atomic E-state index is 0.00501. The van der Waals surface area contributed by atoms with Crippen LogP contribution in [-0.4, -0.2) is 34.1 Å². The second-order valence-electron chi connectivity index (χ2n) is 5.21. The molecule has 0 aromatic heterocycles. The average Bonchev–Trinajstić information content (AvgIpc) is 2.46. The van der Waals surface area contributed by atoms with Crippen LogP contribution in [0.5, 0.6) is 0 Å². The molecule has 2 N–H and O–H groups in total. The fourth-order valence-electron chi connectivity index (χ4n) is 1.79. The van der Waals surface area contributed by atoms with Crippen LogP contribution in [-0.2, 0) is 11.3 Å². The molecule has 7 heteroatoms. The number of carboxylic acid groups (broad SMARTS) is 1. The molecule has 0 aliphatic carbocycles. The van der Waals surface area contributed by atoms with Gasteiger partial charge in [0.2, 0.25) is 0 Å². The van der Waals surface area contributed by atoms with E-state index in [4.69, 9.17) is 5.26 Å². The van der Waals surface area contributed by atoms with Gasteiger partial charge in [0, 0.05) is 13.1 Å². The van der Waals surface area contributed by atoms with Crippen LogP contribution >= 0.6 is 0 Å². The summed E-state index contributed by atoms with van der Waals surface area (Å²) in [5.41, 5.74) is -0.757. The van der Waals surface area contributed by atoms with E-state index in [1.807, 2.05) is 6.07 Å². The standard InChI is InChI=1S/C15H18FN3O3/c1-15(2,13(20)21)19(9-3-8-17)14(22)18-10-11-4-6-12(16)7-5-11/h4-7H,3,9-10H2,1-2H3,(H,18,22)(H,20,21). The minimum atomic E-state index is -1.44. The van der Waals surface area contributed by atoms with Crippen LogP contribution in [0.4, 0.5) is 9.18 Å². The Morgan fingerprint density at radius 2 is 1.95 bits per heavy atom. The summed E-state index contributed by atoms with van der Waals surface area (Å²) in [5, 5.41) is 20.5. The summed E-state index contributed by atoms with van der Waals surface area (Å²) < 4.78 is 12.8. The molecule has 0 bridgehead atoms. The minimum Gasteiger partial charge on any atom is -0.480 e. The fraction of sp³-hybridized carbons (Fsp3) is 0.400. The zero-order valence-electron chi connectivity index (χ0n) is 12.5. The number of amides is 2. The van der Waals surface area contributed by atoms with Gasteiger partial charge in [-0.2, -0.15) is 5.26 Å². The third kappa shape index (κ3) is 4.45. The summed E-state index contributed by atoms with van der Waals surface area (Å²) in [5.74, 6) is -1.54. The highest BCUT2D eigenvalue weighted by Crippen LogP contribution is 2.16. The number of hydrogen-bond acceptors (Lipinski definition) is 3. The molecule has 0 saturated heterocycles. The van der Waals surface area contributed by atoms with Gasteiger partial charge in [0.1, 0.15) is 11.4 Å². The van der Waals surface area contributed by atoms with Gasteiger partial charge in [0.15, 0.2) is 0 Å². The molecule has 22 heavy (non-hydrogen) atoms. The predicted octanol–water partition coefficient (Wildman–Crippen LogP) is 2.11. The number of urea groups is 1. The average molecular weight is 307 g/mol. The first-order valence-electron chi connectivity index (χ1n) is 6.69. The van der Waals surface area contributed by atoms with Crippen LogP contribution in [0, 0.1) is 17.1 Å². The van der Waals surface area contributed by atoms with Crippen LogP contribution in [0.3, 0.4) is 0 Å². The van der Waals surface area contributed by atoms with Crippen LogP contribution in [0.15, 0.2) is 24.3 Å². The maximum Gasteiger partial charge on any atom is 0.329 e. The summed E-state index contributed by atoms with van der Waals surface area (Å²) in [4.78, 5) is 24.6. The van der Waals surface area contributed by atoms with E-state index >= 15 is 0 Å². The van der Waals surface area contributed by atoms with E-state index in [-0.39, 0.29) is 25.3 Å². The van der Waals surface area contributed by atoms with Crippen LogP contribution in [0.25, 0.3) is 0 Å². The topological polar surface area (TPSA) is 93.4 Å². The van der Waals surface area contributed by atoms with Crippen LogP contribution in [0.1, 0.15) is 25.8 Å². The molecule has 0 aliphatic rings. The van der Waals surface area contributed by atoms with Crippen molar-refractivity contribution in [3.63, 3.8) is 0 Å². The lowest BCUT2D eigenvalue weighted by Crippen LogP contribution is -2.56. The highest BCUT2D eigenvalue weighted by atomic mass is 19.1. The Hall–Kier alpha value is -2.62. The number of hydrogen-bond donors (Lipinski definition) is 2. The smallest absolute Gasteiger partial charge is 0.329 e. The molecule has 1 aromatic rings. The Bertz CT molecular complexity index is 579. The van der Waals surface area contributed by atoms with Crippen molar-refractivity contribution in [1.29, 1.82) is 5.26 Å². The van der Waals surface area contributed by atoms with E-state index in [9.17, 15) is 19.1 Å². The SMILES string of the molecule is CC(C)(C(=O)O)N(CCC#N)C(=O)NCc1ccc(F)cc1. The first-order valence-corrected chi connectivity index (χ1v) is 6.69. The van der Waals surface area contributed by atoms with E-state index in [1.165, 1.54) is 38.1 Å². The molecule has 118 valence electrons. The normalized spacial score (nSPS) is 10.6. The number of benzene rings is 1. The number of nitriles is 1. The number of carbonyl (C=O) groups excluding carboxylic acids is 1. The molecule has 0 saturated carbocycles. The lowest BCUT2D eigenvalue weighted by molar-refractivity contribution is -0.147. The predicted molar refractivity (Wildman–Crippen MR) is 77.3 cm³/mol. The van der Waals surface area contributed by atoms with Crippen molar-refractivity contribution < 1.29 is 19.1 Å². The van der Waals surface area contributed by atoms with Crippen molar-refractivity contribution in [2.24, 2.45) is 0 Å². The van der Waals surface area contributed by atoms with Crippen molar-refractivity contribution in [2.75, 3.05) is 6.54 Å². The zero-order valence-corrected chi connectivity index (χ0v) is 12.5. The number of nitrogens with zero attached hydrogens (tertiary/aromatic N) is 2. The molecule has 0 fully saturated rings. The van der Waals surface area contributed by atoms with Gasteiger partial charge in [-0.15, -0.1) is 0 Å². The molecule has 1 aromatic carbocycles. The zero-order chi connectivity index (χ0) is 16.8. The molecule has 0 atom stereocenters. The molecule has 1 rings (SSSR count). The fourth-order valence-corrected chi connectivity index (χ4v) is 1.79. The van der Waals surface area contributed by atoms with E-state index in [0.29, 0.717) is 5.56 Å². The van der Waals surface area contributed by atoms with E-state index in [0.717, 1.165) is 4.90 Å². The first kappa shape index (κ1) is 17.4. The van der Waals surface area contributed by atoms with Gasteiger partial charge in [-0.05, 0) is 31.5 Å². The molecular weight excluding hydrogens is 289 g/mol. The van der Waals surface area contributed by atoms with Crippen LogP contribution in [0.2, 0.25) is 0 Å². The van der Waals surface area contributed by atoms with E-state index < -0.39 is 17.5 Å². The molecule has 0 heterocycles. The van der Waals surface area contributed by atoms with Crippen molar-refractivity contribution in [3.05, 3.63) is 35.6 Å². The van der Waals surface area contributed by atoms with Gasteiger partial charge in [-0.25, -0.2) is 14.0 Å². The lowest BCUT2D eigenvalue weighted by atomic mass is 10.0. The molecule has 2 amide bonds. The van der Waals surface area contributed by atoms with Crippen molar-refractivity contribution in [1.82, 2.24) is 10.2 Å². The number of rotatable bonds is 6. The molecule has 6 nitrogen and oxygen atoms in total. The monoisotopic (exact) mass is 307 g/mol. The highest BCUT2D eigenvalue weighted by Gasteiger charge is 2.37. The summed E-state index contributed by atoms with van der Waals surface area (Å²) in [7, 11) is 0. The van der Waals surface area contributed by atoms with Crippen molar-refractivity contribution in [2.45, 2.75) is 32.4 Å². The second-order valence-corrected chi connectivity index (χ2v) is 5.21. The molecule has 0 radical (unpaired) electrons. The number of carboxylic acids is 1. The third-order valence-corrected chi connectivity index (χ3v) is 3.25. The number of halogens is 1. The lowest BCUT2D eigenvalue weighted by Gasteiger charge is -2.34. The van der Waals surface area contributed by atoms with Gasteiger partial charge in [-0.1, -0.05) is 12.1 Å². The van der Waals surface area contributed by atoms with Gasteiger partial charge >= 0.3 is 12.0 Å². The Labute approximate surface area is 128 Å². The molecule has 0 spiro atoms. The van der Waals surface area contributed by atoms with E-state index in [1.54, 1.807) is 0 Å². The molecular formula is C15H18FN3O3. The van der Waals surface area contributed by atoms with Gasteiger partial charge in [0.25, 0.3) is 0 Å². The Balaban J connectivity index is 2.77. The summed E-state index contributed by atoms with van der Waals surface area (Å²) in [6.07, 6.45) is 0.0285. The largest absolute Gasteiger partial charge is 0.480 e. The first-order chi connectivity index (χ1) is 10.3. The van der Waals surface area contributed by atoms with Gasteiger partial charge < -0.3 is 15.3 Å². The Morgan fingerprint density at radius 1 is 1.36 bits per heavy atom. The second kappa shape index (κ2) is 7.41. The summed E-state index contributed by atoms with van der Waals surface area (Å²) in [6, 6.07) is 6.90. The van der Waals surface area contributed by atoms with Crippen molar-refractivity contribution in [3.8, 4) is 6.07 Å². The van der Waals surface area contributed by atoms with E-state index in [2.05, 4.69) is 5.32 Å². The van der Waals surface area contributed by atoms with Gasteiger partial charge in [-0.3, -0.25) is 0 Å². The number of aliphatic carboxylic acids is 1. The quantitative estimate of drug-likeness (QED) is 0.841. The van der Waals surface area contributed by atoms with Gasteiger partial charge in [0.05, 0.1) is 12.5 Å². The highest BCUT2D eigenvalue weighted by molar-refractivity contribution is 5.85.